The molecule has 0 aliphatic heterocycles. The molecule has 0 saturated carbocycles. The van der Waals surface area contributed by atoms with Crippen molar-refractivity contribution in [1.29, 1.82) is 0 Å². The van der Waals surface area contributed by atoms with E-state index < -0.39 is 0 Å². The maximum Gasteiger partial charge on any atom is 0.246 e. The highest BCUT2D eigenvalue weighted by molar-refractivity contribution is 7.13. The number of hydrogen-bond acceptors (Lipinski definition) is 6. The summed E-state index contributed by atoms with van der Waals surface area (Å²) in [6.45, 7) is 0. The van der Waals surface area contributed by atoms with Crippen LogP contribution in [0.2, 0.25) is 0 Å². The average Bonchev–Trinajstić information content (AvgIpc) is 2.71. The van der Waals surface area contributed by atoms with E-state index in [1.54, 1.807) is 17.8 Å². The molecule has 0 atom stereocenters. The molecule has 2 rings (SSSR count). The van der Waals surface area contributed by atoms with Crippen molar-refractivity contribution in [1.82, 2.24) is 15.0 Å². The van der Waals surface area contributed by atoms with Crippen molar-refractivity contribution in [3.05, 3.63) is 17.8 Å². The highest BCUT2D eigenvalue weighted by Crippen LogP contribution is 2.21. The Morgan fingerprint density at radius 2 is 2.38 bits per heavy atom. The van der Waals surface area contributed by atoms with Gasteiger partial charge in [0.15, 0.2) is 0 Å². The number of azo groups is 1. The van der Waals surface area contributed by atoms with Crippen molar-refractivity contribution in [2.75, 3.05) is 5.73 Å². The van der Waals surface area contributed by atoms with Crippen molar-refractivity contribution in [2.24, 2.45) is 10.2 Å². The third-order valence-electron chi connectivity index (χ3n) is 1.22. The van der Waals surface area contributed by atoms with Gasteiger partial charge in [-0.2, -0.15) is 0 Å². The second kappa shape index (κ2) is 3.31. The van der Waals surface area contributed by atoms with E-state index in [1.807, 2.05) is 0 Å². The number of imidazole rings is 1. The minimum Gasteiger partial charge on any atom is -0.383 e. The van der Waals surface area contributed by atoms with Crippen molar-refractivity contribution >= 4 is 28.2 Å². The second-order valence-electron chi connectivity index (χ2n) is 2.17. The first-order valence-corrected chi connectivity index (χ1v) is 4.35. The first-order chi connectivity index (χ1) is 6.34. The van der Waals surface area contributed by atoms with Crippen LogP contribution in [0.3, 0.4) is 0 Å². The number of H-pyrrole nitrogens is 1. The lowest BCUT2D eigenvalue weighted by molar-refractivity contribution is 1.11. The zero-order valence-corrected chi connectivity index (χ0v) is 7.32. The molecule has 0 saturated heterocycles. The quantitative estimate of drug-likeness (QED) is 0.714. The molecule has 2 heterocycles. The van der Waals surface area contributed by atoms with Gasteiger partial charge < -0.3 is 10.7 Å². The van der Waals surface area contributed by atoms with Crippen LogP contribution < -0.4 is 5.73 Å². The van der Waals surface area contributed by atoms with Crippen molar-refractivity contribution in [3.63, 3.8) is 0 Å². The van der Waals surface area contributed by atoms with E-state index in [2.05, 4.69) is 25.2 Å². The molecule has 6 nitrogen and oxygen atoms in total. The Bertz CT molecular complexity index is 402. The number of nitrogens with one attached hydrogen (secondary N) is 1. The van der Waals surface area contributed by atoms with Gasteiger partial charge in [-0.15, -0.1) is 10.2 Å². The van der Waals surface area contributed by atoms with E-state index in [0.717, 1.165) is 0 Å². The van der Waals surface area contributed by atoms with Gasteiger partial charge in [0.25, 0.3) is 0 Å². The van der Waals surface area contributed by atoms with Crippen molar-refractivity contribution < 1.29 is 0 Å². The Morgan fingerprint density at radius 1 is 1.46 bits per heavy atom. The lowest BCUT2D eigenvalue weighted by atomic mass is 10.8. The molecule has 2 aromatic rings. The predicted molar refractivity (Wildman–Crippen MR) is 49.3 cm³/mol. The van der Waals surface area contributed by atoms with Gasteiger partial charge in [-0.25, -0.2) is 9.97 Å². The van der Waals surface area contributed by atoms with Crippen LogP contribution in [0.15, 0.2) is 28.0 Å². The summed E-state index contributed by atoms with van der Waals surface area (Å²) in [5, 5.41) is 9.86. The number of hydrogen-bond donors (Lipinski definition) is 2. The fourth-order valence-corrected chi connectivity index (χ4v) is 1.25. The average molecular weight is 194 g/mol. The monoisotopic (exact) mass is 194 g/mol. The first kappa shape index (κ1) is 7.87. The zero-order chi connectivity index (χ0) is 9.10. The molecule has 0 radical (unpaired) electrons. The maximum absolute atomic E-state index is 5.40. The van der Waals surface area contributed by atoms with Crippen LogP contribution >= 0.6 is 11.3 Å². The van der Waals surface area contributed by atoms with Crippen LogP contribution in [0.4, 0.5) is 16.9 Å². The Labute approximate surface area is 77.6 Å². The molecular weight excluding hydrogens is 188 g/mol. The number of anilines is 1. The number of aromatic nitrogens is 3. The molecular formula is C6H6N6S. The van der Waals surface area contributed by atoms with Crippen LogP contribution in [0.25, 0.3) is 0 Å². The van der Waals surface area contributed by atoms with Crippen molar-refractivity contribution in [2.45, 2.75) is 0 Å². The van der Waals surface area contributed by atoms with E-state index in [1.165, 1.54) is 11.3 Å². The summed E-state index contributed by atoms with van der Waals surface area (Å²) in [5.41, 5.74) is 5.40. The van der Waals surface area contributed by atoms with Gasteiger partial charge >= 0.3 is 0 Å². The third kappa shape index (κ3) is 1.88. The number of nitrogens with two attached hydrogens (primary N) is 1. The molecule has 7 heteroatoms. The molecule has 0 amide bonds. The first-order valence-electron chi connectivity index (χ1n) is 3.47. The Balaban J connectivity index is 2.14. The van der Waals surface area contributed by atoms with E-state index in [9.17, 15) is 0 Å². The lowest BCUT2D eigenvalue weighted by Crippen LogP contribution is -1.80. The minimum atomic E-state index is 0.453. The Morgan fingerprint density at radius 3 is 3.00 bits per heavy atom. The minimum absolute atomic E-state index is 0.453. The van der Waals surface area contributed by atoms with Crippen LogP contribution in [-0.2, 0) is 0 Å². The van der Waals surface area contributed by atoms with Crippen LogP contribution in [0.1, 0.15) is 0 Å². The smallest absolute Gasteiger partial charge is 0.246 e. The summed E-state index contributed by atoms with van der Waals surface area (Å²) in [5.74, 6) is 0.909. The van der Waals surface area contributed by atoms with E-state index >= 15 is 0 Å². The van der Waals surface area contributed by atoms with Crippen LogP contribution in [0, 0.1) is 0 Å². The number of thiazole rings is 1. The fourth-order valence-electron chi connectivity index (χ4n) is 0.724. The molecule has 0 bridgehead atoms. The van der Waals surface area contributed by atoms with E-state index in [-0.39, 0.29) is 0 Å². The predicted octanol–water partition coefficient (Wildman–Crippen LogP) is 1.86. The topological polar surface area (TPSA) is 92.3 Å². The largest absolute Gasteiger partial charge is 0.383 e. The van der Waals surface area contributed by atoms with Gasteiger partial charge in [0.05, 0.1) is 0 Å². The molecule has 0 aliphatic carbocycles. The molecule has 0 unspecified atom stereocenters. The molecule has 2 aromatic heterocycles. The van der Waals surface area contributed by atoms with Gasteiger partial charge in [0.1, 0.15) is 5.82 Å². The second-order valence-corrected chi connectivity index (χ2v) is 3.00. The maximum atomic E-state index is 5.40. The van der Waals surface area contributed by atoms with Gasteiger partial charge in [-0.05, 0) is 0 Å². The van der Waals surface area contributed by atoms with Gasteiger partial charge in [-0.3, -0.25) is 0 Å². The van der Waals surface area contributed by atoms with Crippen LogP contribution in [-0.4, -0.2) is 15.0 Å². The molecule has 0 fully saturated rings. The summed E-state index contributed by atoms with van der Waals surface area (Å²) < 4.78 is 0. The zero-order valence-electron chi connectivity index (χ0n) is 6.51. The number of aromatic amines is 1. The molecule has 0 aromatic carbocycles. The van der Waals surface area contributed by atoms with Gasteiger partial charge in [-0.1, -0.05) is 11.3 Å². The lowest BCUT2D eigenvalue weighted by Gasteiger charge is -1.80. The highest BCUT2D eigenvalue weighted by atomic mass is 32.1. The van der Waals surface area contributed by atoms with Gasteiger partial charge in [0.2, 0.25) is 11.1 Å². The van der Waals surface area contributed by atoms with Crippen molar-refractivity contribution in [3.8, 4) is 0 Å². The molecule has 3 N–H and O–H groups in total. The SMILES string of the molecule is Nc1csc(/N=N/c2ncc[nH]2)n1. The standard InChI is InChI=1S/C6H6N6S/c7-4-3-13-6(10-4)12-11-5-8-1-2-9-5/h1-3H,7H2,(H,8,9)/b12-11+. The molecule has 66 valence electrons. The third-order valence-corrected chi connectivity index (χ3v) is 1.97. The number of rotatable bonds is 2. The summed E-state index contributed by atoms with van der Waals surface area (Å²) in [4.78, 5) is 10.6. The summed E-state index contributed by atoms with van der Waals surface area (Å²) in [6, 6.07) is 0. The van der Waals surface area contributed by atoms with E-state index in [0.29, 0.717) is 16.9 Å². The molecule has 13 heavy (non-hydrogen) atoms. The summed E-state index contributed by atoms with van der Waals surface area (Å²) in [6.07, 6.45) is 3.27. The summed E-state index contributed by atoms with van der Waals surface area (Å²) >= 11 is 1.33. The normalized spacial score (nSPS) is 11.1. The van der Waals surface area contributed by atoms with Crippen LogP contribution in [0.5, 0.6) is 0 Å². The van der Waals surface area contributed by atoms with E-state index in [4.69, 9.17) is 5.73 Å². The summed E-state index contributed by atoms with van der Waals surface area (Å²) in [7, 11) is 0. The fraction of sp³-hybridized carbons (Fsp3) is 0. The Kier molecular flexibility index (Phi) is 2.01. The highest BCUT2D eigenvalue weighted by Gasteiger charge is 1.96. The van der Waals surface area contributed by atoms with Gasteiger partial charge in [0, 0.05) is 17.8 Å². The number of nitrogen functional groups attached to an aromatic ring is 1. The number of nitrogens with zero attached hydrogens (tertiary/aromatic N) is 4. The molecule has 0 spiro atoms. The Hall–Kier alpha value is -1.76. The molecule has 0 aliphatic rings.